The monoisotopic (exact) mass is 488 g/mol. The maximum absolute atomic E-state index is 13.0. The largest absolute Gasteiger partial charge is 0.353 e. The van der Waals surface area contributed by atoms with E-state index in [-0.39, 0.29) is 41.8 Å². The molecule has 35 heavy (non-hydrogen) atoms. The van der Waals surface area contributed by atoms with Crippen LogP contribution in [-0.2, 0) is 14.4 Å². The van der Waals surface area contributed by atoms with Crippen LogP contribution >= 0.6 is 0 Å². The molecule has 0 aromatic rings. The molecule has 5 fully saturated rings. The van der Waals surface area contributed by atoms with E-state index in [2.05, 4.69) is 25.8 Å². The van der Waals surface area contributed by atoms with Crippen molar-refractivity contribution in [1.82, 2.24) is 30.7 Å². The van der Waals surface area contributed by atoms with E-state index >= 15 is 0 Å². The fourth-order valence-electron chi connectivity index (χ4n) is 6.91. The van der Waals surface area contributed by atoms with Gasteiger partial charge in [-0.2, -0.15) is 0 Å². The lowest BCUT2D eigenvalue weighted by atomic mass is 9.88. The van der Waals surface area contributed by atoms with E-state index in [4.69, 9.17) is 0 Å². The number of piperazine rings is 2. The van der Waals surface area contributed by atoms with Crippen molar-refractivity contribution in [3.63, 3.8) is 0 Å². The average molecular weight is 489 g/mol. The molecule has 5 aliphatic rings. The van der Waals surface area contributed by atoms with Crippen molar-refractivity contribution in [3.8, 4) is 0 Å². The van der Waals surface area contributed by atoms with E-state index in [1.165, 1.54) is 25.7 Å². The summed E-state index contributed by atoms with van der Waals surface area (Å²) in [7, 11) is 0. The summed E-state index contributed by atoms with van der Waals surface area (Å²) in [6.07, 6.45) is 11.7. The highest BCUT2D eigenvalue weighted by atomic mass is 16.2. The van der Waals surface area contributed by atoms with Gasteiger partial charge < -0.3 is 20.9 Å². The van der Waals surface area contributed by atoms with Crippen LogP contribution in [0.2, 0.25) is 0 Å². The van der Waals surface area contributed by atoms with E-state index < -0.39 is 0 Å². The molecule has 1 aliphatic carbocycles. The van der Waals surface area contributed by atoms with Crippen molar-refractivity contribution in [1.29, 1.82) is 0 Å². The van der Waals surface area contributed by atoms with Gasteiger partial charge in [0.2, 0.25) is 17.7 Å². The summed E-state index contributed by atoms with van der Waals surface area (Å²) in [6.45, 7) is 5.90. The average Bonchev–Trinajstić information content (AvgIpc) is 3.34. The van der Waals surface area contributed by atoms with Crippen LogP contribution in [0, 0.1) is 5.92 Å². The van der Waals surface area contributed by atoms with Gasteiger partial charge >= 0.3 is 0 Å². The topological polar surface area (TPSA) is 97.0 Å². The molecule has 9 heteroatoms. The summed E-state index contributed by atoms with van der Waals surface area (Å²) in [4.78, 5) is 45.1. The summed E-state index contributed by atoms with van der Waals surface area (Å²) in [5.74, 6) is 0.604. The Morgan fingerprint density at radius 1 is 0.971 bits per heavy atom. The highest BCUT2D eigenvalue weighted by molar-refractivity contribution is 5.84. The minimum atomic E-state index is -0.188. The lowest BCUT2D eigenvalue weighted by Crippen LogP contribution is -2.58. The quantitative estimate of drug-likeness (QED) is 0.508. The molecule has 0 aromatic heterocycles. The van der Waals surface area contributed by atoms with Crippen LogP contribution in [0.1, 0.15) is 70.6 Å². The lowest BCUT2D eigenvalue weighted by molar-refractivity contribution is -0.134. The van der Waals surface area contributed by atoms with Gasteiger partial charge in [0.25, 0.3) is 0 Å². The third-order valence-corrected chi connectivity index (χ3v) is 9.03. The molecule has 3 N–H and O–H groups in total. The zero-order valence-electron chi connectivity index (χ0n) is 21.2. The number of hydrogen-bond donors (Lipinski definition) is 3. The molecule has 4 aliphatic heterocycles. The predicted octanol–water partition coefficient (Wildman–Crippen LogP) is 0.648. The number of nitrogens with one attached hydrogen (secondary N) is 3. The second kappa shape index (κ2) is 11.6. The molecule has 0 bridgehead atoms. The first-order valence-electron chi connectivity index (χ1n) is 14.2. The van der Waals surface area contributed by atoms with Crippen LogP contribution in [0.15, 0.2) is 0 Å². The molecular weight excluding hydrogens is 444 g/mol. The van der Waals surface area contributed by atoms with Gasteiger partial charge in [-0.05, 0) is 51.5 Å². The van der Waals surface area contributed by atoms with Crippen LogP contribution in [0.5, 0.6) is 0 Å². The summed E-state index contributed by atoms with van der Waals surface area (Å²) in [5, 5.41) is 9.92. The number of fused-ring (bicyclic) bond motifs is 1. The van der Waals surface area contributed by atoms with Crippen molar-refractivity contribution in [2.45, 2.75) is 94.9 Å². The molecule has 196 valence electrons. The highest BCUT2D eigenvalue weighted by Gasteiger charge is 2.44. The zero-order chi connectivity index (χ0) is 24.2. The number of amides is 3. The Morgan fingerprint density at radius 3 is 2.49 bits per heavy atom. The molecule has 9 nitrogen and oxygen atoms in total. The molecule has 4 heterocycles. The van der Waals surface area contributed by atoms with Gasteiger partial charge in [0, 0.05) is 63.7 Å². The molecule has 1 saturated carbocycles. The smallest absolute Gasteiger partial charge is 0.237 e. The molecule has 4 atom stereocenters. The number of carbonyl (C=O) groups excluding carboxylic acids is 3. The predicted molar refractivity (Wildman–Crippen MR) is 133 cm³/mol. The van der Waals surface area contributed by atoms with Crippen LogP contribution in [0.4, 0.5) is 0 Å². The molecule has 0 spiro atoms. The molecule has 3 amide bonds. The van der Waals surface area contributed by atoms with E-state index in [0.29, 0.717) is 32.1 Å². The van der Waals surface area contributed by atoms with Gasteiger partial charge in [0.1, 0.15) is 0 Å². The lowest BCUT2D eigenvalue weighted by Gasteiger charge is -2.41. The third kappa shape index (κ3) is 6.00. The Labute approximate surface area is 209 Å². The Kier molecular flexibility index (Phi) is 8.25. The standard InChI is InChI=1S/C26H44N6O3/c33-24(31-14-12-30(13-15-31)23-8-4-5-11-27-23)10-9-21-17-28-26(35)22-16-20(18-32(21)22)29-25(34)19-6-2-1-3-7-19/h19-23,27H,1-18H2,(H,28,35)(H,29,34)/t20-,21-,22+,23?/m1/s1. The first-order valence-corrected chi connectivity index (χ1v) is 14.2. The van der Waals surface area contributed by atoms with E-state index in [1.54, 1.807) is 0 Å². The molecular formula is C26H44N6O3. The van der Waals surface area contributed by atoms with Gasteiger partial charge in [-0.25, -0.2) is 0 Å². The van der Waals surface area contributed by atoms with Crippen molar-refractivity contribution >= 4 is 17.7 Å². The van der Waals surface area contributed by atoms with Gasteiger partial charge in [-0.1, -0.05) is 19.3 Å². The van der Waals surface area contributed by atoms with Gasteiger partial charge in [0.15, 0.2) is 0 Å². The summed E-state index contributed by atoms with van der Waals surface area (Å²) in [5.41, 5.74) is 0. The minimum absolute atomic E-state index is 0.0259. The molecule has 0 aromatic carbocycles. The second-order valence-corrected chi connectivity index (χ2v) is 11.3. The number of piperidine rings is 1. The number of hydrogen-bond acceptors (Lipinski definition) is 6. The summed E-state index contributed by atoms with van der Waals surface area (Å²) >= 11 is 0. The second-order valence-electron chi connectivity index (χ2n) is 11.3. The van der Waals surface area contributed by atoms with E-state index in [9.17, 15) is 14.4 Å². The summed E-state index contributed by atoms with van der Waals surface area (Å²) < 4.78 is 0. The maximum Gasteiger partial charge on any atom is 0.237 e. The summed E-state index contributed by atoms with van der Waals surface area (Å²) in [6, 6.07) is -0.00374. The SMILES string of the molecule is O=C(N[C@@H]1C[C@H]2C(=O)NC[C@@H](CCC(=O)N3CCN(C4CCCCN4)CC3)N2C1)C1CCCCC1. The van der Waals surface area contributed by atoms with Crippen molar-refractivity contribution in [3.05, 3.63) is 0 Å². The molecule has 0 radical (unpaired) electrons. The Hall–Kier alpha value is -1.71. The number of rotatable bonds is 6. The minimum Gasteiger partial charge on any atom is -0.353 e. The Bertz CT molecular complexity index is 758. The molecule has 5 rings (SSSR count). The maximum atomic E-state index is 13.0. The first kappa shape index (κ1) is 25.0. The zero-order valence-corrected chi connectivity index (χ0v) is 21.2. The van der Waals surface area contributed by atoms with Crippen LogP contribution < -0.4 is 16.0 Å². The van der Waals surface area contributed by atoms with Crippen molar-refractivity contribution in [2.24, 2.45) is 5.92 Å². The van der Waals surface area contributed by atoms with Gasteiger partial charge in [-0.15, -0.1) is 0 Å². The number of nitrogens with zero attached hydrogens (tertiary/aromatic N) is 3. The third-order valence-electron chi connectivity index (χ3n) is 9.03. The van der Waals surface area contributed by atoms with Crippen molar-refractivity contribution in [2.75, 3.05) is 45.8 Å². The van der Waals surface area contributed by atoms with Crippen LogP contribution in [0.25, 0.3) is 0 Å². The van der Waals surface area contributed by atoms with E-state index in [0.717, 1.165) is 64.8 Å². The fraction of sp³-hybridized carbons (Fsp3) is 0.885. The normalized spacial score (nSPS) is 33.3. The van der Waals surface area contributed by atoms with E-state index in [1.807, 2.05) is 4.90 Å². The van der Waals surface area contributed by atoms with Crippen LogP contribution in [-0.4, -0.2) is 103 Å². The van der Waals surface area contributed by atoms with Crippen molar-refractivity contribution < 1.29 is 14.4 Å². The fourth-order valence-corrected chi connectivity index (χ4v) is 6.91. The van der Waals surface area contributed by atoms with Gasteiger partial charge in [0.05, 0.1) is 12.2 Å². The Morgan fingerprint density at radius 2 is 1.74 bits per heavy atom. The molecule has 4 saturated heterocycles. The molecule has 1 unspecified atom stereocenters. The highest BCUT2D eigenvalue weighted by Crippen LogP contribution is 2.28. The van der Waals surface area contributed by atoms with Crippen LogP contribution in [0.3, 0.4) is 0 Å². The van der Waals surface area contributed by atoms with Gasteiger partial charge in [-0.3, -0.25) is 24.2 Å². The Balaban J connectivity index is 1.08. The first-order chi connectivity index (χ1) is 17.1. The number of carbonyl (C=O) groups is 3.